The van der Waals surface area contributed by atoms with Crippen LogP contribution in [0.5, 0.6) is 5.75 Å². The lowest BCUT2D eigenvalue weighted by molar-refractivity contribution is 0.414. The van der Waals surface area contributed by atoms with Gasteiger partial charge in [0.2, 0.25) is 0 Å². The van der Waals surface area contributed by atoms with Crippen molar-refractivity contribution >= 4 is 39.1 Å². The maximum absolute atomic E-state index is 6.40. The first-order valence-corrected chi connectivity index (χ1v) is 8.13. The Bertz CT molecular complexity index is 634. The van der Waals surface area contributed by atoms with Crippen LogP contribution in [0.1, 0.15) is 24.1 Å². The van der Waals surface area contributed by atoms with Gasteiger partial charge in [-0.2, -0.15) is 0 Å². The van der Waals surface area contributed by atoms with Gasteiger partial charge in [0.05, 0.1) is 18.2 Å². The summed E-state index contributed by atoms with van der Waals surface area (Å²) in [6, 6.07) is 11.6. The fourth-order valence-corrected chi connectivity index (χ4v) is 2.97. The zero-order valence-corrected chi connectivity index (χ0v) is 14.9. The second-order valence-corrected chi connectivity index (χ2v) is 6.22. The van der Waals surface area contributed by atoms with Crippen molar-refractivity contribution in [2.24, 2.45) is 0 Å². The van der Waals surface area contributed by atoms with E-state index in [0.29, 0.717) is 10.0 Å². The van der Waals surface area contributed by atoms with Crippen LogP contribution in [0.15, 0.2) is 40.9 Å². The molecule has 0 aliphatic heterocycles. The number of halogens is 3. The van der Waals surface area contributed by atoms with Crippen molar-refractivity contribution in [1.82, 2.24) is 5.32 Å². The summed E-state index contributed by atoms with van der Waals surface area (Å²) in [5.41, 5.74) is 2.11. The third kappa shape index (κ3) is 3.92. The lowest BCUT2D eigenvalue weighted by Gasteiger charge is -2.21. The van der Waals surface area contributed by atoms with Gasteiger partial charge in [-0.3, -0.25) is 0 Å². The molecule has 0 aliphatic rings. The first-order valence-electron chi connectivity index (χ1n) is 6.58. The SMILES string of the molecule is CCNC(c1ccc(Cl)c(Br)c1)c1ccc(OC)cc1Cl. The predicted molar refractivity (Wildman–Crippen MR) is 92.7 cm³/mol. The molecule has 0 aromatic heterocycles. The molecule has 112 valence electrons. The average Bonchev–Trinajstić information content (AvgIpc) is 2.48. The molecule has 2 rings (SSSR count). The zero-order chi connectivity index (χ0) is 15.4. The first-order chi connectivity index (χ1) is 10.1. The molecular weight excluding hydrogens is 373 g/mol. The van der Waals surface area contributed by atoms with Crippen molar-refractivity contribution in [3.8, 4) is 5.75 Å². The highest BCUT2D eigenvalue weighted by atomic mass is 79.9. The Morgan fingerprint density at radius 2 is 1.90 bits per heavy atom. The largest absolute Gasteiger partial charge is 0.497 e. The number of hydrogen-bond acceptors (Lipinski definition) is 2. The summed E-state index contributed by atoms with van der Waals surface area (Å²) in [7, 11) is 1.63. The number of nitrogens with one attached hydrogen (secondary N) is 1. The van der Waals surface area contributed by atoms with E-state index in [1.807, 2.05) is 36.4 Å². The van der Waals surface area contributed by atoms with E-state index in [4.69, 9.17) is 27.9 Å². The van der Waals surface area contributed by atoms with Crippen LogP contribution in [0, 0.1) is 0 Å². The number of benzene rings is 2. The Kier molecular flexibility index (Phi) is 5.94. The van der Waals surface area contributed by atoms with Crippen molar-refractivity contribution in [3.63, 3.8) is 0 Å². The lowest BCUT2D eigenvalue weighted by atomic mass is 9.98. The van der Waals surface area contributed by atoms with E-state index in [9.17, 15) is 0 Å². The van der Waals surface area contributed by atoms with Crippen molar-refractivity contribution in [3.05, 3.63) is 62.0 Å². The molecule has 0 aliphatic carbocycles. The molecule has 0 amide bonds. The molecule has 2 aromatic carbocycles. The minimum atomic E-state index is 0.00183. The smallest absolute Gasteiger partial charge is 0.120 e. The van der Waals surface area contributed by atoms with Crippen LogP contribution in [0.4, 0.5) is 0 Å². The van der Waals surface area contributed by atoms with E-state index < -0.39 is 0 Å². The van der Waals surface area contributed by atoms with E-state index in [1.54, 1.807) is 7.11 Å². The maximum Gasteiger partial charge on any atom is 0.120 e. The van der Waals surface area contributed by atoms with E-state index in [2.05, 4.69) is 28.2 Å². The van der Waals surface area contributed by atoms with Crippen molar-refractivity contribution in [1.29, 1.82) is 0 Å². The third-order valence-corrected chi connectivity index (χ3v) is 4.75. The summed E-state index contributed by atoms with van der Waals surface area (Å²) in [6.45, 7) is 2.89. The van der Waals surface area contributed by atoms with Crippen LogP contribution in [-0.2, 0) is 0 Å². The van der Waals surface area contributed by atoms with Crippen LogP contribution >= 0.6 is 39.1 Å². The van der Waals surface area contributed by atoms with Gasteiger partial charge in [0.25, 0.3) is 0 Å². The molecule has 0 heterocycles. The summed E-state index contributed by atoms with van der Waals surface area (Å²) >= 11 is 15.9. The molecule has 1 atom stereocenters. The highest BCUT2D eigenvalue weighted by Gasteiger charge is 2.17. The Balaban J connectivity index is 2.45. The zero-order valence-electron chi connectivity index (χ0n) is 11.8. The van der Waals surface area contributed by atoms with Crippen molar-refractivity contribution < 1.29 is 4.74 Å². The summed E-state index contributed by atoms with van der Waals surface area (Å²) in [5.74, 6) is 0.747. The van der Waals surface area contributed by atoms with Crippen LogP contribution < -0.4 is 10.1 Å². The van der Waals surface area contributed by atoms with Crippen LogP contribution in [0.2, 0.25) is 10.0 Å². The Morgan fingerprint density at radius 3 is 2.48 bits per heavy atom. The van der Waals surface area contributed by atoms with E-state index in [0.717, 1.165) is 27.9 Å². The molecule has 2 aromatic rings. The van der Waals surface area contributed by atoms with E-state index in [-0.39, 0.29) is 6.04 Å². The standard InChI is InChI=1S/C16H16BrCl2NO/c1-3-20-16(10-4-7-14(18)13(17)8-10)12-6-5-11(21-2)9-15(12)19/h4-9,16,20H,3H2,1-2H3. The van der Waals surface area contributed by atoms with Crippen LogP contribution in [-0.4, -0.2) is 13.7 Å². The topological polar surface area (TPSA) is 21.3 Å². The number of rotatable bonds is 5. The monoisotopic (exact) mass is 387 g/mol. The van der Waals surface area contributed by atoms with Gasteiger partial charge in [-0.15, -0.1) is 0 Å². The third-order valence-electron chi connectivity index (χ3n) is 3.20. The molecule has 0 bridgehead atoms. The molecular formula is C16H16BrCl2NO. The predicted octanol–water partition coefficient (Wildman–Crippen LogP) is 5.46. The minimum absolute atomic E-state index is 0.00183. The van der Waals surface area contributed by atoms with Gasteiger partial charge < -0.3 is 10.1 Å². The van der Waals surface area contributed by atoms with Crippen LogP contribution in [0.25, 0.3) is 0 Å². The van der Waals surface area contributed by atoms with Gasteiger partial charge in [0, 0.05) is 9.50 Å². The summed E-state index contributed by atoms with van der Waals surface area (Å²) in [6.07, 6.45) is 0. The quantitative estimate of drug-likeness (QED) is 0.733. The second-order valence-electron chi connectivity index (χ2n) is 4.55. The molecule has 5 heteroatoms. The van der Waals surface area contributed by atoms with Gasteiger partial charge in [-0.05, 0) is 57.9 Å². The highest BCUT2D eigenvalue weighted by Crippen LogP contribution is 2.33. The number of methoxy groups -OCH3 is 1. The van der Waals surface area contributed by atoms with Gasteiger partial charge in [-0.1, -0.05) is 42.3 Å². The van der Waals surface area contributed by atoms with Gasteiger partial charge in [0.1, 0.15) is 5.75 Å². The van der Waals surface area contributed by atoms with Gasteiger partial charge in [0.15, 0.2) is 0 Å². The fourth-order valence-electron chi connectivity index (χ4n) is 2.17. The molecule has 0 saturated carbocycles. The molecule has 0 saturated heterocycles. The summed E-state index contributed by atoms with van der Waals surface area (Å²) in [5, 5.41) is 4.81. The average molecular weight is 389 g/mol. The molecule has 2 nitrogen and oxygen atoms in total. The molecule has 1 unspecified atom stereocenters. The first kappa shape index (κ1) is 16.6. The summed E-state index contributed by atoms with van der Waals surface area (Å²) < 4.78 is 6.07. The van der Waals surface area contributed by atoms with Crippen molar-refractivity contribution in [2.45, 2.75) is 13.0 Å². The van der Waals surface area contributed by atoms with Crippen LogP contribution in [0.3, 0.4) is 0 Å². The summed E-state index contributed by atoms with van der Waals surface area (Å²) in [4.78, 5) is 0. The molecule has 0 radical (unpaired) electrons. The molecule has 21 heavy (non-hydrogen) atoms. The number of ether oxygens (including phenoxy) is 1. The maximum atomic E-state index is 6.40. The normalized spacial score (nSPS) is 12.2. The second kappa shape index (κ2) is 7.50. The molecule has 0 spiro atoms. The van der Waals surface area contributed by atoms with E-state index in [1.165, 1.54) is 0 Å². The van der Waals surface area contributed by atoms with Gasteiger partial charge >= 0.3 is 0 Å². The lowest BCUT2D eigenvalue weighted by Crippen LogP contribution is -2.22. The van der Waals surface area contributed by atoms with E-state index >= 15 is 0 Å². The van der Waals surface area contributed by atoms with Gasteiger partial charge in [-0.25, -0.2) is 0 Å². The Labute approximate surface area is 143 Å². The minimum Gasteiger partial charge on any atom is -0.497 e. The Morgan fingerprint density at radius 1 is 1.14 bits per heavy atom. The highest BCUT2D eigenvalue weighted by molar-refractivity contribution is 9.10. The molecule has 0 fully saturated rings. The fraction of sp³-hybridized carbons (Fsp3) is 0.250. The van der Waals surface area contributed by atoms with Crippen molar-refractivity contribution in [2.75, 3.05) is 13.7 Å². The number of hydrogen-bond donors (Lipinski definition) is 1. The Hall–Kier alpha value is -0.740. The molecule has 1 N–H and O–H groups in total.